The van der Waals surface area contributed by atoms with Crippen LogP contribution in [0.15, 0.2) is 18.2 Å². The SMILES string of the molecule is COc1ccc(OC)c(COC(=O)CCCNC(=O)OC(C)(C)C)c1. The highest BCUT2D eigenvalue weighted by Gasteiger charge is 2.15. The minimum atomic E-state index is -0.543. The Balaban J connectivity index is 2.33. The summed E-state index contributed by atoms with van der Waals surface area (Å²) in [4.78, 5) is 23.3. The number of nitrogens with one attached hydrogen (secondary N) is 1. The van der Waals surface area contributed by atoms with E-state index in [1.54, 1.807) is 53.2 Å². The van der Waals surface area contributed by atoms with Gasteiger partial charge in [0.05, 0.1) is 14.2 Å². The van der Waals surface area contributed by atoms with Crippen molar-refractivity contribution in [3.05, 3.63) is 23.8 Å². The average Bonchev–Trinajstić information content (AvgIpc) is 2.55. The maximum Gasteiger partial charge on any atom is 0.407 e. The molecule has 0 aromatic heterocycles. The molecule has 1 amide bonds. The van der Waals surface area contributed by atoms with Crippen LogP contribution in [0.25, 0.3) is 0 Å². The maximum atomic E-state index is 11.8. The highest BCUT2D eigenvalue weighted by molar-refractivity contribution is 5.70. The van der Waals surface area contributed by atoms with Gasteiger partial charge in [-0.15, -0.1) is 0 Å². The normalized spacial score (nSPS) is 10.8. The number of hydrogen-bond donors (Lipinski definition) is 1. The summed E-state index contributed by atoms with van der Waals surface area (Å²) < 4.78 is 20.7. The third kappa shape index (κ3) is 8.28. The number of alkyl carbamates (subject to hydrolysis) is 1. The molecule has 1 aromatic rings. The second-order valence-electron chi connectivity index (χ2n) is 6.37. The summed E-state index contributed by atoms with van der Waals surface area (Å²) in [6, 6.07) is 5.29. The number of benzene rings is 1. The van der Waals surface area contributed by atoms with Gasteiger partial charge in [-0.25, -0.2) is 4.79 Å². The predicted molar refractivity (Wildman–Crippen MR) is 92.8 cm³/mol. The number of rotatable bonds is 8. The van der Waals surface area contributed by atoms with Crippen molar-refractivity contribution in [3.8, 4) is 11.5 Å². The molecule has 0 fully saturated rings. The Morgan fingerprint density at radius 1 is 1.12 bits per heavy atom. The van der Waals surface area contributed by atoms with E-state index in [1.807, 2.05) is 0 Å². The fourth-order valence-electron chi connectivity index (χ4n) is 1.96. The number of hydrogen-bond acceptors (Lipinski definition) is 6. The lowest BCUT2D eigenvalue weighted by Crippen LogP contribution is -2.33. The van der Waals surface area contributed by atoms with Gasteiger partial charge < -0.3 is 24.3 Å². The van der Waals surface area contributed by atoms with E-state index in [1.165, 1.54) is 0 Å². The molecule has 0 saturated carbocycles. The van der Waals surface area contributed by atoms with Crippen molar-refractivity contribution in [2.45, 2.75) is 45.8 Å². The molecule has 1 aromatic carbocycles. The van der Waals surface area contributed by atoms with Crippen LogP contribution in [0.5, 0.6) is 11.5 Å². The van der Waals surface area contributed by atoms with Crippen molar-refractivity contribution >= 4 is 12.1 Å². The van der Waals surface area contributed by atoms with Crippen molar-refractivity contribution in [2.75, 3.05) is 20.8 Å². The number of carbonyl (C=O) groups excluding carboxylic acids is 2. The highest BCUT2D eigenvalue weighted by Crippen LogP contribution is 2.24. The number of methoxy groups -OCH3 is 2. The van der Waals surface area contributed by atoms with E-state index < -0.39 is 11.7 Å². The minimum Gasteiger partial charge on any atom is -0.497 e. The van der Waals surface area contributed by atoms with E-state index in [2.05, 4.69) is 5.32 Å². The Morgan fingerprint density at radius 3 is 2.44 bits per heavy atom. The van der Waals surface area contributed by atoms with Crippen LogP contribution in [0.4, 0.5) is 4.79 Å². The molecule has 0 atom stereocenters. The predicted octanol–water partition coefficient (Wildman–Crippen LogP) is 3.05. The molecule has 25 heavy (non-hydrogen) atoms. The summed E-state index contributed by atoms with van der Waals surface area (Å²) in [7, 11) is 3.12. The van der Waals surface area contributed by atoms with Crippen LogP contribution in [0, 0.1) is 0 Å². The van der Waals surface area contributed by atoms with Gasteiger partial charge in [0.15, 0.2) is 0 Å². The molecule has 7 nitrogen and oxygen atoms in total. The van der Waals surface area contributed by atoms with Crippen LogP contribution < -0.4 is 14.8 Å². The molecule has 0 spiro atoms. The first-order valence-electron chi connectivity index (χ1n) is 8.08. The molecule has 1 N–H and O–H groups in total. The molecule has 0 bridgehead atoms. The van der Waals surface area contributed by atoms with Gasteiger partial charge in [0.2, 0.25) is 0 Å². The zero-order valence-electron chi connectivity index (χ0n) is 15.5. The molecule has 7 heteroatoms. The molecule has 140 valence electrons. The van der Waals surface area contributed by atoms with E-state index in [9.17, 15) is 9.59 Å². The fraction of sp³-hybridized carbons (Fsp3) is 0.556. The van der Waals surface area contributed by atoms with E-state index in [-0.39, 0.29) is 19.0 Å². The summed E-state index contributed by atoms with van der Waals surface area (Å²) in [5, 5.41) is 2.60. The first-order chi connectivity index (χ1) is 11.7. The van der Waals surface area contributed by atoms with Gasteiger partial charge >= 0.3 is 12.1 Å². The second-order valence-corrected chi connectivity index (χ2v) is 6.37. The first-order valence-corrected chi connectivity index (χ1v) is 8.08. The molecule has 1 rings (SSSR count). The quantitative estimate of drug-likeness (QED) is 0.571. The van der Waals surface area contributed by atoms with Crippen molar-refractivity contribution < 1.29 is 28.5 Å². The van der Waals surface area contributed by atoms with Crippen molar-refractivity contribution in [2.24, 2.45) is 0 Å². The van der Waals surface area contributed by atoms with E-state index in [0.29, 0.717) is 24.5 Å². The second kappa shape index (κ2) is 9.76. The Morgan fingerprint density at radius 2 is 1.84 bits per heavy atom. The fourth-order valence-corrected chi connectivity index (χ4v) is 1.96. The lowest BCUT2D eigenvalue weighted by Gasteiger charge is -2.19. The Bertz CT molecular complexity index is 579. The maximum absolute atomic E-state index is 11.8. The van der Waals surface area contributed by atoms with Crippen LogP contribution in [-0.2, 0) is 20.9 Å². The van der Waals surface area contributed by atoms with Crippen LogP contribution in [-0.4, -0.2) is 38.4 Å². The zero-order valence-corrected chi connectivity index (χ0v) is 15.5. The van der Waals surface area contributed by atoms with Crippen LogP contribution in [0.3, 0.4) is 0 Å². The summed E-state index contributed by atoms with van der Waals surface area (Å²) in [6.45, 7) is 5.80. The standard InChI is InChI=1S/C18H27NO6/c1-18(2,3)25-17(21)19-10-6-7-16(20)24-12-13-11-14(22-4)8-9-15(13)23-5/h8-9,11H,6-7,10,12H2,1-5H3,(H,19,21). The molecule has 0 aliphatic carbocycles. The Hall–Kier alpha value is -2.44. The van der Waals surface area contributed by atoms with Gasteiger partial charge in [0.25, 0.3) is 0 Å². The molecular formula is C18H27NO6. The highest BCUT2D eigenvalue weighted by atomic mass is 16.6. The third-order valence-corrected chi connectivity index (χ3v) is 3.10. The molecule has 0 radical (unpaired) electrons. The minimum absolute atomic E-state index is 0.0959. The molecule has 0 saturated heterocycles. The summed E-state index contributed by atoms with van der Waals surface area (Å²) in [6.07, 6.45) is 0.164. The van der Waals surface area contributed by atoms with Crippen molar-refractivity contribution in [1.29, 1.82) is 0 Å². The monoisotopic (exact) mass is 353 g/mol. The van der Waals surface area contributed by atoms with Gasteiger partial charge in [-0.2, -0.15) is 0 Å². The topological polar surface area (TPSA) is 83.1 Å². The summed E-state index contributed by atoms with van der Waals surface area (Å²) in [5.41, 5.74) is 0.181. The van der Waals surface area contributed by atoms with Crippen LogP contribution >= 0.6 is 0 Å². The van der Waals surface area contributed by atoms with Gasteiger partial charge in [0, 0.05) is 18.5 Å². The third-order valence-electron chi connectivity index (χ3n) is 3.10. The Kier molecular flexibility index (Phi) is 8.04. The van der Waals surface area contributed by atoms with Crippen LogP contribution in [0.1, 0.15) is 39.2 Å². The lowest BCUT2D eigenvalue weighted by atomic mass is 10.2. The number of carbonyl (C=O) groups is 2. The molecule has 0 aliphatic rings. The molecule has 0 heterocycles. The summed E-state index contributed by atoms with van der Waals surface area (Å²) >= 11 is 0. The number of ether oxygens (including phenoxy) is 4. The summed E-state index contributed by atoms with van der Waals surface area (Å²) in [5.74, 6) is 0.935. The van der Waals surface area contributed by atoms with Gasteiger partial charge in [-0.05, 0) is 45.4 Å². The van der Waals surface area contributed by atoms with E-state index >= 15 is 0 Å². The van der Waals surface area contributed by atoms with Gasteiger partial charge in [-0.3, -0.25) is 4.79 Å². The largest absolute Gasteiger partial charge is 0.497 e. The zero-order chi connectivity index (χ0) is 18.9. The van der Waals surface area contributed by atoms with E-state index in [0.717, 1.165) is 5.56 Å². The smallest absolute Gasteiger partial charge is 0.407 e. The number of esters is 1. The molecule has 0 aliphatic heterocycles. The van der Waals surface area contributed by atoms with Crippen molar-refractivity contribution in [3.63, 3.8) is 0 Å². The first kappa shape index (κ1) is 20.6. The van der Waals surface area contributed by atoms with E-state index in [4.69, 9.17) is 18.9 Å². The van der Waals surface area contributed by atoms with Gasteiger partial charge in [-0.1, -0.05) is 0 Å². The Labute approximate surface area is 148 Å². The van der Waals surface area contributed by atoms with Gasteiger partial charge in [0.1, 0.15) is 23.7 Å². The van der Waals surface area contributed by atoms with Crippen molar-refractivity contribution in [1.82, 2.24) is 5.32 Å². The molecular weight excluding hydrogens is 326 g/mol. The molecule has 0 unspecified atom stereocenters. The average molecular weight is 353 g/mol. The lowest BCUT2D eigenvalue weighted by molar-refractivity contribution is -0.145. The van der Waals surface area contributed by atoms with Crippen LogP contribution in [0.2, 0.25) is 0 Å². The number of amides is 1.